The van der Waals surface area contributed by atoms with Gasteiger partial charge in [-0.3, -0.25) is 4.98 Å². The van der Waals surface area contributed by atoms with E-state index in [1.807, 2.05) is 0 Å². The van der Waals surface area contributed by atoms with Crippen LogP contribution in [0.1, 0.15) is 66.6 Å². The topological polar surface area (TPSA) is 50.9 Å². The van der Waals surface area contributed by atoms with Crippen molar-refractivity contribution in [1.82, 2.24) is 10.3 Å². The van der Waals surface area contributed by atoms with E-state index in [0.29, 0.717) is 12.5 Å². The smallest absolute Gasteiger partial charge is 0.0705 e. The number of nitrogens with one attached hydrogen (secondary N) is 1. The number of fused-ring (bicyclic) bond motifs is 1. The van der Waals surface area contributed by atoms with Crippen LogP contribution >= 0.6 is 0 Å². The van der Waals surface area contributed by atoms with Crippen LogP contribution < -0.4 is 11.1 Å². The maximum atomic E-state index is 6.00. The first kappa shape index (κ1) is 20.9. The van der Waals surface area contributed by atoms with Crippen LogP contribution in [0.15, 0.2) is 30.3 Å². The molecule has 1 heterocycles. The predicted molar refractivity (Wildman–Crippen MR) is 113 cm³/mol. The Labute approximate surface area is 159 Å². The lowest BCUT2D eigenvalue weighted by Crippen LogP contribution is -2.44. The van der Waals surface area contributed by atoms with Gasteiger partial charge in [0.15, 0.2) is 0 Å². The van der Waals surface area contributed by atoms with Crippen molar-refractivity contribution in [2.24, 2.45) is 17.1 Å². The monoisotopic (exact) mass is 355 g/mol. The molecule has 0 aliphatic heterocycles. The summed E-state index contributed by atoms with van der Waals surface area (Å²) in [7, 11) is 0. The van der Waals surface area contributed by atoms with Crippen LogP contribution in [-0.4, -0.2) is 18.1 Å². The second-order valence-electron chi connectivity index (χ2n) is 10.2. The third kappa shape index (κ3) is 4.83. The second-order valence-corrected chi connectivity index (χ2v) is 10.2. The molecule has 26 heavy (non-hydrogen) atoms. The summed E-state index contributed by atoms with van der Waals surface area (Å²) >= 11 is 0. The van der Waals surface area contributed by atoms with Crippen molar-refractivity contribution < 1.29 is 0 Å². The highest BCUT2D eigenvalue weighted by Gasteiger charge is 2.27. The van der Waals surface area contributed by atoms with Crippen LogP contribution in [-0.2, 0) is 11.0 Å². The summed E-state index contributed by atoms with van der Waals surface area (Å²) < 4.78 is 0. The van der Waals surface area contributed by atoms with E-state index >= 15 is 0 Å². The average Bonchev–Trinajstić information content (AvgIpc) is 2.52. The van der Waals surface area contributed by atoms with Gasteiger partial charge in [0.1, 0.15) is 0 Å². The average molecular weight is 356 g/mol. The summed E-state index contributed by atoms with van der Waals surface area (Å²) in [5, 5.41) is 4.92. The van der Waals surface area contributed by atoms with Gasteiger partial charge in [0, 0.05) is 28.6 Å². The third-order valence-corrected chi connectivity index (χ3v) is 5.48. The van der Waals surface area contributed by atoms with Crippen LogP contribution in [0.25, 0.3) is 10.9 Å². The quantitative estimate of drug-likeness (QED) is 0.795. The molecule has 1 aromatic heterocycles. The van der Waals surface area contributed by atoms with Gasteiger partial charge < -0.3 is 11.1 Å². The molecule has 3 N–H and O–H groups in total. The lowest BCUT2D eigenvalue weighted by atomic mass is 9.80. The van der Waals surface area contributed by atoms with E-state index in [1.165, 1.54) is 10.9 Å². The van der Waals surface area contributed by atoms with E-state index in [9.17, 15) is 0 Å². The van der Waals surface area contributed by atoms with Crippen molar-refractivity contribution in [3.8, 4) is 0 Å². The fourth-order valence-corrected chi connectivity index (χ4v) is 3.16. The highest BCUT2D eigenvalue weighted by Crippen LogP contribution is 2.29. The maximum Gasteiger partial charge on any atom is 0.0705 e. The lowest BCUT2D eigenvalue weighted by molar-refractivity contribution is 0.218. The number of benzene rings is 1. The van der Waals surface area contributed by atoms with E-state index in [-0.39, 0.29) is 16.4 Å². The summed E-state index contributed by atoms with van der Waals surface area (Å²) in [6.45, 7) is 19.5. The molecule has 0 fully saturated rings. The van der Waals surface area contributed by atoms with Crippen molar-refractivity contribution in [2.75, 3.05) is 13.1 Å². The van der Waals surface area contributed by atoms with Crippen molar-refractivity contribution in [3.63, 3.8) is 0 Å². The first-order valence-corrected chi connectivity index (χ1v) is 9.71. The number of nitrogens with two attached hydrogens (primary N) is 1. The van der Waals surface area contributed by atoms with Crippen LogP contribution in [0.3, 0.4) is 0 Å². The number of rotatable bonds is 5. The van der Waals surface area contributed by atoms with Crippen LogP contribution in [0, 0.1) is 11.3 Å². The molecule has 0 aliphatic rings. The Morgan fingerprint density at radius 3 is 2.15 bits per heavy atom. The Kier molecular flexibility index (Phi) is 5.84. The van der Waals surface area contributed by atoms with E-state index in [0.717, 1.165) is 17.8 Å². The minimum absolute atomic E-state index is 0.0673. The number of hydrogen-bond acceptors (Lipinski definition) is 3. The molecule has 2 rings (SSSR count). The number of pyridine rings is 1. The Balaban J connectivity index is 2.25. The number of nitrogens with zero attached hydrogens (tertiary/aromatic N) is 1. The molecule has 1 atom stereocenters. The molecule has 144 valence electrons. The van der Waals surface area contributed by atoms with E-state index in [1.54, 1.807) is 0 Å². The lowest BCUT2D eigenvalue weighted by Gasteiger charge is -2.35. The molecule has 0 saturated carbocycles. The van der Waals surface area contributed by atoms with Crippen LogP contribution in [0.5, 0.6) is 0 Å². The summed E-state index contributed by atoms with van der Waals surface area (Å²) in [5.74, 6) is 0.443. The zero-order chi connectivity index (χ0) is 19.8. The summed E-state index contributed by atoms with van der Waals surface area (Å²) in [6, 6.07) is 10.9. The Morgan fingerprint density at radius 1 is 0.962 bits per heavy atom. The standard InChI is InChI=1S/C23H37N3/c1-21(2,3)18(14-24)15-25-23(7,8)17-10-11-19-16(13-17)9-12-20(26-19)22(4,5)6/h9-13,18,25H,14-15,24H2,1-8H3. The molecule has 0 amide bonds. The predicted octanol–water partition coefficient (Wildman–Crippen LogP) is 4.98. The van der Waals surface area contributed by atoms with Crippen molar-refractivity contribution in [3.05, 3.63) is 41.6 Å². The first-order chi connectivity index (χ1) is 11.8. The van der Waals surface area contributed by atoms with Gasteiger partial charge in [0.05, 0.1) is 5.52 Å². The van der Waals surface area contributed by atoms with Gasteiger partial charge in [-0.05, 0) is 55.5 Å². The van der Waals surface area contributed by atoms with Gasteiger partial charge in [-0.15, -0.1) is 0 Å². The van der Waals surface area contributed by atoms with Gasteiger partial charge in [-0.25, -0.2) is 0 Å². The van der Waals surface area contributed by atoms with Gasteiger partial charge in [-0.2, -0.15) is 0 Å². The fraction of sp³-hybridized carbons (Fsp3) is 0.609. The molecule has 0 bridgehead atoms. The molecule has 0 spiro atoms. The fourth-order valence-electron chi connectivity index (χ4n) is 3.16. The van der Waals surface area contributed by atoms with Crippen molar-refractivity contribution in [2.45, 2.75) is 66.3 Å². The normalized spacial score (nSPS) is 14.7. The first-order valence-electron chi connectivity index (χ1n) is 9.71. The number of aromatic nitrogens is 1. The van der Waals surface area contributed by atoms with Crippen LogP contribution in [0.2, 0.25) is 0 Å². The zero-order valence-electron chi connectivity index (χ0n) is 17.9. The van der Waals surface area contributed by atoms with E-state index < -0.39 is 0 Å². The van der Waals surface area contributed by atoms with Gasteiger partial charge in [0.2, 0.25) is 0 Å². The molecule has 1 unspecified atom stereocenters. The molecule has 3 heteroatoms. The van der Waals surface area contributed by atoms with Crippen LogP contribution in [0.4, 0.5) is 0 Å². The molecule has 0 saturated heterocycles. The SMILES string of the molecule is CC(C)(C)c1ccc2cc(C(C)(C)NCC(CN)C(C)(C)C)ccc2n1. The largest absolute Gasteiger partial charge is 0.330 e. The van der Waals surface area contributed by atoms with Gasteiger partial charge >= 0.3 is 0 Å². The molecule has 0 aliphatic carbocycles. The minimum Gasteiger partial charge on any atom is -0.330 e. The van der Waals surface area contributed by atoms with E-state index in [4.69, 9.17) is 10.7 Å². The Bertz CT molecular complexity index is 748. The van der Waals surface area contributed by atoms with Crippen molar-refractivity contribution >= 4 is 10.9 Å². The molecule has 1 aromatic carbocycles. The maximum absolute atomic E-state index is 6.00. The molecule has 2 aromatic rings. The third-order valence-electron chi connectivity index (χ3n) is 5.48. The molecule has 0 radical (unpaired) electrons. The summed E-state index contributed by atoms with van der Waals surface area (Å²) in [4.78, 5) is 4.85. The minimum atomic E-state index is -0.116. The second kappa shape index (κ2) is 7.28. The van der Waals surface area contributed by atoms with E-state index in [2.05, 4.69) is 91.0 Å². The zero-order valence-corrected chi connectivity index (χ0v) is 17.9. The Morgan fingerprint density at radius 2 is 1.62 bits per heavy atom. The summed E-state index contributed by atoms with van der Waals surface area (Å²) in [6.07, 6.45) is 0. The molecular weight excluding hydrogens is 318 g/mol. The van der Waals surface area contributed by atoms with Gasteiger partial charge in [0.25, 0.3) is 0 Å². The Hall–Kier alpha value is -1.45. The number of hydrogen-bond donors (Lipinski definition) is 2. The molecular formula is C23H37N3. The highest BCUT2D eigenvalue weighted by atomic mass is 15.0. The highest BCUT2D eigenvalue weighted by molar-refractivity contribution is 5.79. The summed E-state index contributed by atoms with van der Waals surface area (Å²) in [5.41, 5.74) is 9.63. The molecule has 3 nitrogen and oxygen atoms in total. The van der Waals surface area contributed by atoms with Crippen molar-refractivity contribution in [1.29, 1.82) is 0 Å². The van der Waals surface area contributed by atoms with Gasteiger partial charge in [-0.1, -0.05) is 53.7 Å².